The number of nitrogens with zero attached hydrogens (tertiary/aromatic N) is 1. The fourth-order valence-electron chi connectivity index (χ4n) is 2.61. The Hall–Kier alpha value is -0.990. The van der Waals surface area contributed by atoms with Crippen LogP contribution in [0.3, 0.4) is 0 Å². The van der Waals surface area contributed by atoms with Crippen molar-refractivity contribution in [3.05, 3.63) is 12.4 Å². The Morgan fingerprint density at radius 3 is 2.87 bits per heavy atom. The van der Waals surface area contributed by atoms with E-state index >= 15 is 0 Å². The molecule has 1 saturated carbocycles. The Morgan fingerprint density at radius 2 is 2.27 bits per heavy atom. The van der Waals surface area contributed by atoms with Crippen LogP contribution < -0.4 is 5.32 Å². The summed E-state index contributed by atoms with van der Waals surface area (Å²) in [5.41, 5.74) is 0. The monoisotopic (exact) mass is 207 g/mol. The Bertz CT molecular complexity index is 262. The van der Waals surface area contributed by atoms with E-state index in [0.717, 1.165) is 11.9 Å². The van der Waals surface area contributed by atoms with Crippen LogP contribution >= 0.6 is 0 Å². The Balaban J connectivity index is 1.91. The molecule has 3 heteroatoms. The highest BCUT2D eigenvalue weighted by atomic mass is 15.1. The third-order valence-corrected chi connectivity index (χ3v) is 3.48. The molecular weight excluding hydrogens is 186 g/mol. The van der Waals surface area contributed by atoms with Crippen molar-refractivity contribution in [2.75, 3.05) is 5.32 Å². The number of H-pyrrole nitrogens is 1. The second-order valence-corrected chi connectivity index (χ2v) is 4.49. The SMILES string of the molecule is CCC(Nc1ncc[nH]1)C1CCCCC1. The lowest BCUT2D eigenvalue weighted by Gasteiger charge is -2.30. The summed E-state index contributed by atoms with van der Waals surface area (Å²) in [5.74, 6) is 1.77. The molecule has 1 aromatic heterocycles. The molecule has 1 aliphatic carbocycles. The molecular formula is C12H21N3. The number of imidazole rings is 1. The molecule has 1 unspecified atom stereocenters. The Morgan fingerprint density at radius 1 is 1.47 bits per heavy atom. The lowest BCUT2D eigenvalue weighted by atomic mass is 9.83. The summed E-state index contributed by atoms with van der Waals surface area (Å²) in [7, 11) is 0. The van der Waals surface area contributed by atoms with Gasteiger partial charge in [-0.3, -0.25) is 0 Å². The van der Waals surface area contributed by atoms with Gasteiger partial charge in [0.15, 0.2) is 5.95 Å². The minimum absolute atomic E-state index is 0.594. The van der Waals surface area contributed by atoms with Gasteiger partial charge < -0.3 is 10.3 Å². The van der Waals surface area contributed by atoms with Crippen LogP contribution in [0.4, 0.5) is 5.95 Å². The lowest BCUT2D eigenvalue weighted by molar-refractivity contribution is 0.312. The fourth-order valence-corrected chi connectivity index (χ4v) is 2.61. The molecule has 15 heavy (non-hydrogen) atoms. The van der Waals surface area contributed by atoms with E-state index in [2.05, 4.69) is 22.2 Å². The van der Waals surface area contributed by atoms with Crippen LogP contribution in [0.2, 0.25) is 0 Å². The molecule has 84 valence electrons. The van der Waals surface area contributed by atoms with Gasteiger partial charge in [-0.1, -0.05) is 26.2 Å². The summed E-state index contributed by atoms with van der Waals surface area (Å²) in [6.07, 6.45) is 11.9. The van der Waals surface area contributed by atoms with Gasteiger partial charge in [0.2, 0.25) is 0 Å². The maximum atomic E-state index is 4.23. The molecule has 1 fully saturated rings. The van der Waals surface area contributed by atoms with Crippen LogP contribution in [0.5, 0.6) is 0 Å². The van der Waals surface area contributed by atoms with E-state index in [1.807, 2.05) is 6.20 Å². The lowest BCUT2D eigenvalue weighted by Crippen LogP contribution is -2.30. The van der Waals surface area contributed by atoms with E-state index in [9.17, 15) is 0 Å². The average Bonchev–Trinajstić information content (AvgIpc) is 2.80. The summed E-state index contributed by atoms with van der Waals surface area (Å²) in [4.78, 5) is 7.35. The van der Waals surface area contributed by atoms with Crippen LogP contribution in [0.15, 0.2) is 12.4 Å². The molecule has 1 aliphatic rings. The molecule has 0 amide bonds. The van der Waals surface area contributed by atoms with Crippen LogP contribution in [0.25, 0.3) is 0 Å². The molecule has 0 spiro atoms. The van der Waals surface area contributed by atoms with Crippen molar-refractivity contribution in [1.82, 2.24) is 9.97 Å². The quantitative estimate of drug-likeness (QED) is 0.796. The van der Waals surface area contributed by atoms with E-state index in [4.69, 9.17) is 0 Å². The van der Waals surface area contributed by atoms with Gasteiger partial charge in [-0.25, -0.2) is 4.98 Å². The van der Waals surface area contributed by atoms with E-state index in [1.54, 1.807) is 6.20 Å². The topological polar surface area (TPSA) is 40.7 Å². The predicted molar refractivity (Wildman–Crippen MR) is 62.9 cm³/mol. The molecule has 0 aliphatic heterocycles. The minimum Gasteiger partial charge on any atom is -0.353 e. The van der Waals surface area contributed by atoms with Crippen LogP contribution in [0.1, 0.15) is 45.4 Å². The van der Waals surface area contributed by atoms with Gasteiger partial charge in [0, 0.05) is 18.4 Å². The van der Waals surface area contributed by atoms with Crippen molar-refractivity contribution in [2.24, 2.45) is 5.92 Å². The van der Waals surface area contributed by atoms with E-state index in [1.165, 1.54) is 38.5 Å². The molecule has 1 heterocycles. The number of nitrogens with one attached hydrogen (secondary N) is 2. The zero-order valence-corrected chi connectivity index (χ0v) is 9.50. The molecule has 1 aromatic rings. The Labute approximate surface area is 91.7 Å². The number of rotatable bonds is 4. The summed E-state index contributed by atoms with van der Waals surface area (Å²) in [5, 5.41) is 3.51. The highest BCUT2D eigenvalue weighted by molar-refractivity contribution is 5.25. The maximum absolute atomic E-state index is 4.23. The van der Waals surface area contributed by atoms with Gasteiger partial charge in [-0.2, -0.15) is 0 Å². The zero-order chi connectivity index (χ0) is 10.5. The van der Waals surface area contributed by atoms with Crippen LogP contribution in [-0.4, -0.2) is 16.0 Å². The van der Waals surface area contributed by atoms with Gasteiger partial charge in [0.1, 0.15) is 0 Å². The van der Waals surface area contributed by atoms with Crippen molar-refractivity contribution in [3.8, 4) is 0 Å². The van der Waals surface area contributed by atoms with Gasteiger partial charge in [-0.05, 0) is 25.2 Å². The second kappa shape index (κ2) is 5.19. The molecule has 0 radical (unpaired) electrons. The first-order valence-corrected chi connectivity index (χ1v) is 6.16. The molecule has 1 atom stereocenters. The Kier molecular flexibility index (Phi) is 3.64. The molecule has 0 bridgehead atoms. The molecule has 0 aromatic carbocycles. The number of hydrogen-bond acceptors (Lipinski definition) is 2. The highest BCUT2D eigenvalue weighted by Crippen LogP contribution is 2.28. The number of aromatic amines is 1. The number of hydrogen-bond donors (Lipinski definition) is 2. The third-order valence-electron chi connectivity index (χ3n) is 3.48. The first-order chi connectivity index (χ1) is 7.40. The molecule has 3 nitrogen and oxygen atoms in total. The van der Waals surface area contributed by atoms with E-state index in [0.29, 0.717) is 6.04 Å². The molecule has 2 rings (SSSR count). The van der Waals surface area contributed by atoms with Crippen molar-refractivity contribution in [3.63, 3.8) is 0 Å². The standard InChI is InChI=1S/C12H21N3/c1-2-11(10-6-4-3-5-7-10)15-12-13-8-9-14-12/h8-11H,2-7H2,1H3,(H2,13,14,15). The first kappa shape index (κ1) is 10.5. The molecule has 0 saturated heterocycles. The van der Waals surface area contributed by atoms with Crippen molar-refractivity contribution >= 4 is 5.95 Å². The zero-order valence-electron chi connectivity index (χ0n) is 9.50. The summed E-state index contributed by atoms with van der Waals surface area (Å²) >= 11 is 0. The fraction of sp³-hybridized carbons (Fsp3) is 0.750. The smallest absolute Gasteiger partial charge is 0.200 e. The van der Waals surface area contributed by atoms with Gasteiger partial charge in [0.25, 0.3) is 0 Å². The summed E-state index contributed by atoms with van der Waals surface area (Å²) in [6, 6.07) is 0.594. The van der Waals surface area contributed by atoms with E-state index < -0.39 is 0 Å². The second-order valence-electron chi connectivity index (χ2n) is 4.49. The highest BCUT2D eigenvalue weighted by Gasteiger charge is 2.22. The number of aromatic nitrogens is 2. The van der Waals surface area contributed by atoms with Crippen molar-refractivity contribution < 1.29 is 0 Å². The predicted octanol–water partition coefficient (Wildman–Crippen LogP) is 3.18. The van der Waals surface area contributed by atoms with Gasteiger partial charge in [-0.15, -0.1) is 0 Å². The van der Waals surface area contributed by atoms with Crippen molar-refractivity contribution in [1.29, 1.82) is 0 Å². The summed E-state index contributed by atoms with van der Waals surface area (Å²) in [6.45, 7) is 2.26. The summed E-state index contributed by atoms with van der Waals surface area (Å²) < 4.78 is 0. The maximum Gasteiger partial charge on any atom is 0.200 e. The largest absolute Gasteiger partial charge is 0.353 e. The van der Waals surface area contributed by atoms with Crippen molar-refractivity contribution in [2.45, 2.75) is 51.5 Å². The number of anilines is 1. The minimum atomic E-state index is 0.594. The average molecular weight is 207 g/mol. The van der Waals surface area contributed by atoms with Crippen LogP contribution in [0, 0.1) is 5.92 Å². The van der Waals surface area contributed by atoms with Gasteiger partial charge >= 0.3 is 0 Å². The third kappa shape index (κ3) is 2.74. The normalized spacial score (nSPS) is 20.1. The van der Waals surface area contributed by atoms with Gasteiger partial charge in [0.05, 0.1) is 0 Å². The molecule has 2 N–H and O–H groups in total. The van der Waals surface area contributed by atoms with E-state index in [-0.39, 0.29) is 0 Å². The van der Waals surface area contributed by atoms with Crippen LogP contribution in [-0.2, 0) is 0 Å². The first-order valence-electron chi connectivity index (χ1n) is 6.16.